The Bertz CT molecular complexity index is 973. The summed E-state index contributed by atoms with van der Waals surface area (Å²) in [6.07, 6.45) is 3.26. The highest BCUT2D eigenvalue weighted by atomic mass is 31.0. The van der Waals surface area contributed by atoms with E-state index >= 15 is 0 Å². The third-order valence-corrected chi connectivity index (χ3v) is 5.58. The van der Waals surface area contributed by atoms with Gasteiger partial charge in [0.2, 0.25) is 0 Å². The fourth-order valence-corrected chi connectivity index (χ4v) is 3.81. The Morgan fingerprint density at radius 2 is 1.71 bits per heavy atom. The van der Waals surface area contributed by atoms with Crippen LogP contribution in [0.1, 0.15) is 42.1 Å². The average Bonchev–Trinajstić information content (AvgIpc) is 2.68. The molecule has 0 spiro atoms. The van der Waals surface area contributed by atoms with E-state index in [-0.39, 0.29) is 36.8 Å². The van der Waals surface area contributed by atoms with Crippen molar-refractivity contribution in [3.8, 4) is 0 Å². The number of nitrogen functional groups attached to an aromatic ring is 1. The van der Waals surface area contributed by atoms with Crippen molar-refractivity contribution in [2.45, 2.75) is 39.3 Å². The minimum atomic E-state index is -0.594. The molecule has 0 aliphatic carbocycles. The van der Waals surface area contributed by atoms with E-state index in [1.807, 2.05) is 29.2 Å². The number of nitrogens with zero attached hydrogens (tertiary/aromatic N) is 3. The number of carbonyl (C=O) groups is 1. The van der Waals surface area contributed by atoms with Crippen LogP contribution in [-0.4, -0.2) is 39.5 Å². The summed E-state index contributed by atoms with van der Waals surface area (Å²) < 4.78 is 2.41. The van der Waals surface area contributed by atoms with Crippen LogP contribution < -0.4 is 22.3 Å². The van der Waals surface area contributed by atoms with Crippen molar-refractivity contribution in [1.82, 2.24) is 14.0 Å². The topological polar surface area (TPSA) is 90.3 Å². The van der Waals surface area contributed by atoms with E-state index in [0.29, 0.717) is 0 Å². The molecule has 0 radical (unpaired) electrons. The van der Waals surface area contributed by atoms with Gasteiger partial charge in [0.05, 0.1) is 13.1 Å². The molecule has 1 aromatic carbocycles. The molecule has 8 heteroatoms. The molecule has 2 N–H and O–H groups in total. The molecule has 0 bridgehead atoms. The first-order valence-corrected chi connectivity index (χ1v) is 10.2. The lowest BCUT2D eigenvalue weighted by Crippen LogP contribution is -2.45. The molecule has 0 saturated carbocycles. The lowest BCUT2D eigenvalue weighted by molar-refractivity contribution is 0.0913. The first-order valence-electron chi connectivity index (χ1n) is 9.65. The second-order valence-corrected chi connectivity index (χ2v) is 7.85. The fraction of sp³-hybridized carbons (Fsp3) is 0.450. The van der Waals surface area contributed by atoms with E-state index in [1.165, 1.54) is 4.57 Å². The molecule has 2 heterocycles. The Labute approximate surface area is 166 Å². The van der Waals surface area contributed by atoms with Crippen molar-refractivity contribution in [1.29, 1.82) is 0 Å². The van der Waals surface area contributed by atoms with Crippen LogP contribution in [0.3, 0.4) is 0 Å². The van der Waals surface area contributed by atoms with E-state index < -0.39 is 11.2 Å². The number of rotatable bonds is 6. The number of likely N-dealkylation sites (tertiary alicyclic amines) is 1. The SMILES string of the molecule is CCn1c(=O)c(C(=O)CN2CCCCC2)c(N)n(Cc2ccc(P)cc2)c1=O. The summed E-state index contributed by atoms with van der Waals surface area (Å²) in [7, 11) is 2.61. The second-order valence-electron chi connectivity index (χ2n) is 7.18. The molecule has 1 aliphatic rings. The second kappa shape index (κ2) is 8.84. The summed E-state index contributed by atoms with van der Waals surface area (Å²) in [6.45, 7) is 3.95. The van der Waals surface area contributed by atoms with Crippen molar-refractivity contribution in [3.05, 3.63) is 56.2 Å². The van der Waals surface area contributed by atoms with Crippen LogP contribution in [0.2, 0.25) is 0 Å². The van der Waals surface area contributed by atoms with Gasteiger partial charge >= 0.3 is 5.69 Å². The van der Waals surface area contributed by atoms with Gasteiger partial charge in [-0.25, -0.2) is 4.79 Å². The van der Waals surface area contributed by atoms with Crippen molar-refractivity contribution < 1.29 is 4.79 Å². The van der Waals surface area contributed by atoms with Gasteiger partial charge in [0.1, 0.15) is 11.4 Å². The molecule has 1 aliphatic heterocycles. The van der Waals surface area contributed by atoms with Gasteiger partial charge in [0.25, 0.3) is 5.56 Å². The maximum absolute atomic E-state index is 12.9. The predicted octanol–water partition coefficient (Wildman–Crippen LogP) is 0.829. The molecule has 1 atom stereocenters. The summed E-state index contributed by atoms with van der Waals surface area (Å²) in [5.74, 6) is -0.364. The van der Waals surface area contributed by atoms with Crippen molar-refractivity contribution in [2.75, 3.05) is 25.4 Å². The first-order chi connectivity index (χ1) is 13.4. The molecule has 2 aromatic rings. The molecule has 7 nitrogen and oxygen atoms in total. The predicted molar refractivity (Wildman–Crippen MR) is 115 cm³/mol. The van der Waals surface area contributed by atoms with Crippen LogP contribution in [0.25, 0.3) is 0 Å². The van der Waals surface area contributed by atoms with Gasteiger partial charge in [0.15, 0.2) is 5.78 Å². The average molecular weight is 402 g/mol. The van der Waals surface area contributed by atoms with E-state index in [9.17, 15) is 14.4 Å². The molecule has 150 valence electrons. The lowest BCUT2D eigenvalue weighted by atomic mass is 10.1. The maximum Gasteiger partial charge on any atom is 0.332 e. The number of aromatic nitrogens is 2. The minimum absolute atomic E-state index is 0.0448. The maximum atomic E-state index is 12.9. The van der Waals surface area contributed by atoms with Gasteiger partial charge in [-0.1, -0.05) is 30.7 Å². The van der Waals surface area contributed by atoms with Gasteiger partial charge in [0, 0.05) is 6.54 Å². The summed E-state index contributed by atoms with van der Waals surface area (Å²) in [4.78, 5) is 40.6. The summed E-state index contributed by atoms with van der Waals surface area (Å²) in [5.41, 5.74) is 5.91. The van der Waals surface area contributed by atoms with E-state index in [4.69, 9.17) is 5.73 Å². The van der Waals surface area contributed by atoms with Gasteiger partial charge < -0.3 is 5.73 Å². The lowest BCUT2D eigenvalue weighted by Gasteiger charge is -2.26. The van der Waals surface area contributed by atoms with Crippen molar-refractivity contribution in [3.63, 3.8) is 0 Å². The quantitative estimate of drug-likeness (QED) is 0.571. The highest BCUT2D eigenvalue weighted by molar-refractivity contribution is 7.27. The Balaban J connectivity index is 2.01. The third kappa shape index (κ3) is 4.26. The van der Waals surface area contributed by atoms with E-state index in [2.05, 4.69) is 9.24 Å². The van der Waals surface area contributed by atoms with Gasteiger partial charge in [-0.15, -0.1) is 9.24 Å². The van der Waals surface area contributed by atoms with Crippen LogP contribution in [0.15, 0.2) is 33.9 Å². The molecule has 1 unspecified atom stereocenters. The molecule has 0 amide bonds. The van der Waals surface area contributed by atoms with Crippen LogP contribution in [0.5, 0.6) is 0 Å². The smallest absolute Gasteiger partial charge is 0.332 e. The molecule has 1 saturated heterocycles. The molecular weight excluding hydrogens is 375 g/mol. The standard InChI is InChI=1S/C20H27N4O3P/c1-2-23-19(26)17(16(25)13-22-10-4-3-5-11-22)18(21)24(20(23)27)12-14-6-8-15(28)9-7-14/h6-9H,2-5,10-13,21,28H2,1H3. The number of nitrogens with two attached hydrogens (primary N) is 1. The number of anilines is 1. The van der Waals surface area contributed by atoms with Gasteiger partial charge in [-0.3, -0.25) is 23.6 Å². The zero-order chi connectivity index (χ0) is 20.3. The Kier molecular flexibility index (Phi) is 6.47. The Hall–Kier alpha value is -2.24. The summed E-state index contributed by atoms with van der Waals surface area (Å²) >= 11 is 0. The number of piperidine rings is 1. The van der Waals surface area contributed by atoms with Crippen molar-refractivity contribution >= 4 is 26.1 Å². The number of benzene rings is 1. The first kappa shape index (κ1) is 20.5. The van der Waals surface area contributed by atoms with Gasteiger partial charge in [-0.2, -0.15) is 0 Å². The number of hydrogen-bond acceptors (Lipinski definition) is 5. The number of carbonyl (C=O) groups excluding carboxylic acids is 1. The summed E-state index contributed by atoms with van der Waals surface area (Å²) in [5, 5.41) is 1.03. The van der Waals surface area contributed by atoms with Crippen LogP contribution >= 0.6 is 9.24 Å². The minimum Gasteiger partial charge on any atom is -0.384 e. The zero-order valence-corrected chi connectivity index (χ0v) is 17.3. The molecule has 1 aromatic heterocycles. The molecule has 3 rings (SSSR count). The number of ketones is 1. The Morgan fingerprint density at radius 1 is 1.07 bits per heavy atom. The fourth-order valence-electron chi connectivity index (χ4n) is 3.61. The molecule has 1 fully saturated rings. The number of hydrogen-bond donors (Lipinski definition) is 1. The number of Topliss-reactive ketones (excluding diaryl/α,β-unsaturated/α-hetero) is 1. The van der Waals surface area contributed by atoms with Crippen LogP contribution in [0.4, 0.5) is 5.82 Å². The van der Waals surface area contributed by atoms with Crippen LogP contribution in [-0.2, 0) is 13.1 Å². The third-order valence-electron chi connectivity index (χ3n) is 5.20. The monoisotopic (exact) mass is 402 g/mol. The van der Waals surface area contributed by atoms with Crippen LogP contribution in [0, 0.1) is 0 Å². The van der Waals surface area contributed by atoms with Gasteiger partial charge in [-0.05, 0) is 43.7 Å². The summed E-state index contributed by atoms with van der Waals surface area (Å²) in [6, 6.07) is 7.62. The van der Waals surface area contributed by atoms with E-state index in [0.717, 1.165) is 47.8 Å². The van der Waals surface area contributed by atoms with Crippen molar-refractivity contribution in [2.24, 2.45) is 0 Å². The Morgan fingerprint density at radius 3 is 2.32 bits per heavy atom. The molecule has 28 heavy (non-hydrogen) atoms. The highest BCUT2D eigenvalue weighted by Crippen LogP contribution is 2.13. The largest absolute Gasteiger partial charge is 0.384 e. The zero-order valence-electron chi connectivity index (χ0n) is 16.2. The van der Waals surface area contributed by atoms with E-state index in [1.54, 1.807) is 6.92 Å². The normalized spacial score (nSPS) is 14.9. The highest BCUT2D eigenvalue weighted by Gasteiger charge is 2.24. The molecular formula is C20H27N4O3P.